The molecule has 4 heteroatoms. The zero-order valence-electron chi connectivity index (χ0n) is 9.16. The lowest BCUT2D eigenvalue weighted by Gasteiger charge is -2.21. The lowest BCUT2D eigenvalue weighted by atomic mass is 9.90. The Morgan fingerprint density at radius 1 is 1.47 bits per heavy atom. The maximum absolute atomic E-state index is 5.63. The van der Waals surface area contributed by atoms with Crippen LogP contribution in [-0.2, 0) is 0 Å². The topological polar surface area (TPSA) is 48.1 Å². The molecule has 0 bridgehead atoms. The molecule has 15 heavy (non-hydrogen) atoms. The largest absolute Gasteiger partial charge is 0.492 e. The molecule has 0 radical (unpaired) electrons. The summed E-state index contributed by atoms with van der Waals surface area (Å²) in [6.45, 7) is 5.61. The molecule has 0 fully saturated rings. The van der Waals surface area contributed by atoms with Gasteiger partial charge < -0.3 is 10.5 Å². The number of ether oxygens (including phenoxy) is 1. The van der Waals surface area contributed by atoms with Crippen LogP contribution in [0.3, 0.4) is 0 Å². The Labute approximate surface area is 99.2 Å². The second kappa shape index (κ2) is 5.47. The average Bonchev–Trinajstić information content (AvgIpc) is 2.18. The number of nitrogens with zero attached hydrogens (tertiary/aromatic N) is 1. The van der Waals surface area contributed by atoms with Crippen LogP contribution in [0.5, 0.6) is 5.75 Å². The highest BCUT2D eigenvalue weighted by molar-refractivity contribution is 9.10. The average molecular weight is 273 g/mol. The zero-order chi connectivity index (χ0) is 11.3. The second-order valence-corrected chi connectivity index (χ2v) is 5.22. The van der Waals surface area contributed by atoms with Crippen LogP contribution in [0.2, 0.25) is 0 Å². The summed E-state index contributed by atoms with van der Waals surface area (Å²) >= 11 is 3.34. The van der Waals surface area contributed by atoms with Gasteiger partial charge in [0.25, 0.3) is 0 Å². The Morgan fingerprint density at radius 3 is 2.80 bits per heavy atom. The Balaban J connectivity index is 2.38. The SMILES string of the molecule is CC(C)(CN)CCOc1cncc(Br)c1. The second-order valence-electron chi connectivity index (χ2n) is 4.31. The van der Waals surface area contributed by atoms with Crippen molar-refractivity contribution in [3.63, 3.8) is 0 Å². The van der Waals surface area contributed by atoms with Crippen molar-refractivity contribution in [2.45, 2.75) is 20.3 Å². The van der Waals surface area contributed by atoms with Crippen LogP contribution in [0.4, 0.5) is 0 Å². The van der Waals surface area contributed by atoms with Gasteiger partial charge in [0, 0.05) is 10.7 Å². The third-order valence-corrected chi connectivity index (χ3v) is 2.71. The van der Waals surface area contributed by atoms with E-state index < -0.39 is 0 Å². The smallest absolute Gasteiger partial charge is 0.138 e. The lowest BCUT2D eigenvalue weighted by molar-refractivity contribution is 0.233. The van der Waals surface area contributed by atoms with E-state index in [9.17, 15) is 0 Å². The number of nitrogens with two attached hydrogens (primary N) is 1. The molecular weight excluding hydrogens is 256 g/mol. The maximum Gasteiger partial charge on any atom is 0.138 e. The van der Waals surface area contributed by atoms with Crippen molar-refractivity contribution in [2.24, 2.45) is 11.1 Å². The van der Waals surface area contributed by atoms with Crippen molar-refractivity contribution < 1.29 is 4.74 Å². The van der Waals surface area contributed by atoms with Gasteiger partial charge in [0.05, 0.1) is 12.8 Å². The molecule has 0 aliphatic heterocycles. The summed E-state index contributed by atoms with van der Waals surface area (Å²) in [4.78, 5) is 4.02. The summed E-state index contributed by atoms with van der Waals surface area (Å²) in [5, 5.41) is 0. The third-order valence-electron chi connectivity index (χ3n) is 2.28. The van der Waals surface area contributed by atoms with Crippen molar-refractivity contribution in [2.75, 3.05) is 13.2 Å². The fourth-order valence-corrected chi connectivity index (χ4v) is 1.36. The highest BCUT2D eigenvalue weighted by Gasteiger charge is 2.15. The molecule has 1 aromatic rings. The van der Waals surface area contributed by atoms with Crippen molar-refractivity contribution >= 4 is 15.9 Å². The summed E-state index contributed by atoms with van der Waals surface area (Å²) in [6, 6.07) is 1.91. The van der Waals surface area contributed by atoms with Gasteiger partial charge in [0.15, 0.2) is 0 Å². The minimum absolute atomic E-state index is 0.138. The van der Waals surface area contributed by atoms with E-state index in [4.69, 9.17) is 10.5 Å². The first-order chi connectivity index (χ1) is 7.03. The van der Waals surface area contributed by atoms with Crippen molar-refractivity contribution in [1.82, 2.24) is 4.98 Å². The molecule has 1 heterocycles. The van der Waals surface area contributed by atoms with E-state index in [1.165, 1.54) is 0 Å². The molecule has 0 unspecified atom stereocenters. The highest BCUT2D eigenvalue weighted by Crippen LogP contribution is 2.20. The zero-order valence-corrected chi connectivity index (χ0v) is 10.8. The fourth-order valence-electron chi connectivity index (χ4n) is 1.02. The summed E-state index contributed by atoms with van der Waals surface area (Å²) in [5.74, 6) is 0.789. The van der Waals surface area contributed by atoms with E-state index in [0.29, 0.717) is 13.2 Å². The van der Waals surface area contributed by atoms with E-state index in [0.717, 1.165) is 16.6 Å². The lowest BCUT2D eigenvalue weighted by Crippen LogP contribution is -2.25. The molecule has 0 aromatic carbocycles. The van der Waals surface area contributed by atoms with Crippen LogP contribution in [0.15, 0.2) is 22.9 Å². The molecule has 84 valence electrons. The van der Waals surface area contributed by atoms with Gasteiger partial charge in [-0.05, 0) is 40.4 Å². The van der Waals surface area contributed by atoms with Crippen LogP contribution >= 0.6 is 15.9 Å². The summed E-state index contributed by atoms with van der Waals surface area (Å²) in [5.41, 5.74) is 5.77. The molecule has 0 aliphatic carbocycles. The first-order valence-corrected chi connectivity index (χ1v) is 5.76. The number of rotatable bonds is 5. The number of aromatic nitrogens is 1. The fraction of sp³-hybridized carbons (Fsp3) is 0.545. The number of pyridine rings is 1. The van der Waals surface area contributed by atoms with Crippen LogP contribution in [-0.4, -0.2) is 18.1 Å². The van der Waals surface area contributed by atoms with Gasteiger partial charge in [-0.25, -0.2) is 0 Å². The van der Waals surface area contributed by atoms with Crippen LogP contribution in [0, 0.1) is 5.41 Å². The van der Waals surface area contributed by atoms with Gasteiger partial charge in [-0.1, -0.05) is 13.8 Å². The molecular formula is C11H17BrN2O. The number of hydrogen-bond acceptors (Lipinski definition) is 3. The number of hydrogen-bond donors (Lipinski definition) is 1. The first kappa shape index (κ1) is 12.5. The quantitative estimate of drug-likeness (QED) is 0.897. The third kappa shape index (κ3) is 4.62. The monoisotopic (exact) mass is 272 g/mol. The molecule has 0 saturated carbocycles. The molecule has 1 rings (SSSR count). The molecule has 3 nitrogen and oxygen atoms in total. The molecule has 0 spiro atoms. The van der Waals surface area contributed by atoms with Crippen LogP contribution in [0.1, 0.15) is 20.3 Å². The maximum atomic E-state index is 5.63. The standard InChI is InChI=1S/C11H17BrN2O/c1-11(2,8-13)3-4-15-10-5-9(12)6-14-7-10/h5-7H,3-4,8,13H2,1-2H3. The molecule has 0 aliphatic rings. The molecule has 2 N–H and O–H groups in total. The summed E-state index contributed by atoms with van der Waals surface area (Å²) in [7, 11) is 0. The molecule has 0 atom stereocenters. The van der Waals surface area contributed by atoms with E-state index in [-0.39, 0.29) is 5.41 Å². The highest BCUT2D eigenvalue weighted by atomic mass is 79.9. The summed E-state index contributed by atoms with van der Waals surface area (Å²) < 4.78 is 6.51. The van der Waals surface area contributed by atoms with Gasteiger partial charge in [0.1, 0.15) is 5.75 Å². The Kier molecular flexibility index (Phi) is 4.54. The van der Waals surface area contributed by atoms with E-state index in [1.807, 2.05) is 6.07 Å². The predicted molar refractivity (Wildman–Crippen MR) is 64.9 cm³/mol. The van der Waals surface area contributed by atoms with Crippen LogP contribution < -0.4 is 10.5 Å². The van der Waals surface area contributed by atoms with E-state index in [1.54, 1.807) is 12.4 Å². The Hall–Kier alpha value is -0.610. The minimum Gasteiger partial charge on any atom is -0.492 e. The normalized spacial score (nSPS) is 11.5. The molecule has 0 saturated heterocycles. The van der Waals surface area contributed by atoms with Crippen molar-refractivity contribution in [3.8, 4) is 5.75 Å². The van der Waals surface area contributed by atoms with Gasteiger partial charge in [-0.3, -0.25) is 4.98 Å². The van der Waals surface area contributed by atoms with E-state index >= 15 is 0 Å². The Bertz CT molecular complexity index is 315. The minimum atomic E-state index is 0.138. The van der Waals surface area contributed by atoms with Gasteiger partial charge >= 0.3 is 0 Å². The predicted octanol–water partition coefficient (Wildman–Crippen LogP) is 2.60. The van der Waals surface area contributed by atoms with Gasteiger partial charge in [-0.2, -0.15) is 0 Å². The van der Waals surface area contributed by atoms with Gasteiger partial charge in [-0.15, -0.1) is 0 Å². The molecule has 0 amide bonds. The van der Waals surface area contributed by atoms with E-state index in [2.05, 4.69) is 34.8 Å². The van der Waals surface area contributed by atoms with Crippen molar-refractivity contribution in [3.05, 3.63) is 22.9 Å². The summed E-state index contributed by atoms with van der Waals surface area (Å²) in [6.07, 6.45) is 4.38. The van der Waals surface area contributed by atoms with Crippen LogP contribution in [0.25, 0.3) is 0 Å². The number of halogens is 1. The van der Waals surface area contributed by atoms with Gasteiger partial charge in [0.2, 0.25) is 0 Å². The first-order valence-electron chi connectivity index (χ1n) is 4.97. The van der Waals surface area contributed by atoms with Crippen molar-refractivity contribution in [1.29, 1.82) is 0 Å². The Morgan fingerprint density at radius 2 is 2.20 bits per heavy atom. The molecule has 1 aromatic heterocycles.